The van der Waals surface area contributed by atoms with Crippen LogP contribution in [0.25, 0.3) is 0 Å². The molecule has 0 aliphatic rings. The molecule has 2 heteroatoms. The number of carbonyl (C=O) groups is 1. The fourth-order valence-electron chi connectivity index (χ4n) is 2.31. The van der Waals surface area contributed by atoms with Gasteiger partial charge in [0.1, 0.15) is 6.61 Å². The van der Waals surface area contributed by atoms with Crippen molar-refractivity contribution in [3.8, 4) is 0 Å². The first-order chi connectivity index (χ1) is 9.19. The van der Waals surface area contributed by atoms with Crippen LogP contribution in [-0.4, -0.2) is 19.5 Å². The summed E-state index contributed by atoms with van der Waals surface area (Å²) in [5, 5.41) is 0. The molecule has 0 aliphatic heterocycles. The molecule has 0 spiro atoms. The highest BCUT2D eigenvalue weighted by Crippen LogP contribution is 2.32. The van der Waals surface area contributed by atoms with Gasteiger partial charge in [0.2, 0.25) is 0 Å². The average Bonchev–Trinajstić information content (AvgIpc) is 2.48. The molecular formula is C17H18O2. The standard InChI is InChI=1S/C17H18O2/c1-17(16(18)13-19-2,14-9-5-3-6-10-14)15-11-7-4-8-12-15/h3-12H,13H2,1-2H3. The molecule has 0 aliphatic carbocycles. The van der Waals surface area contributed by atoms with Crippen molar-refractivity contribution < 1.29 is 9.53 Å². The predicted molar refractivity (Wildman–Crippen MR) is 76.2 cm³/mol. The lowest BCUT2D eigenvalue weighted by atomic mass is 9.73. The lowest BCUT2D eigenvalue weighted by Crippen LogP contribution is -2.36. The molecule has 0 heterocycles. The van der Waals surface area contributed by atoms with Crippen LogP contribution < -0.4 is 0 Å². The van der Waals surface area contributed by atoms with Crippen LogP contribution in [0.5, 0.6) is 0 Å². The van der Waals surface area contributed by atoms with E-state index >= 15 is 0 Å². The first-order valence-electron chi connectivity index (χ1n) is 6.33. The molecule has 0 saturated carbocycles. The van der Waals surface area contributed by atoms with Crippen molar-refractivity contribution in [2.75, 3.05) is 13.7 Å². The van der Waals surface area contributed by atoms with Gasteiger partial charge >= 0.3 is 0 Å². The van der Waals surface area contributed by atoms with Crippen LogP contribution in [0.3, 0.4) is 0 Å². The van der Waals surface area contributed by atoms with Gasteiger partial charge < -0.3 is 4.74 Å². The Kier molecular flexibility index (Phi) is 4.13. The number of ether oxygens (including phenoxy) is 1. The molecule has 0 radical (unpaired) electrons. The maximum atomic E-state index is 12.5. The molecule has 0 amide bonds. The van der Waals surface area contributed by atoms with E-state index in [1.165, 1.54) is 0 Å². The molecule has 0 bridgehead atoms. The molecule has 19 heavy (non-hydrogen) atoms. The number of methoxy groups -OCH3 is 1. The number of carbonyl (C=O) groups excluding carboxylic acids is 1. The first kappa shape index (κ1) is 13.5. The van der Waals surface area contributed by atoms with E-state index < -0.39 is 5.41 Å². The number of hydrogen-bond donors (Lipinski definition) is 0. The summed E-state index contributed by atoms with van der Waals surface area (Å²) in [4.78, 5) is 12.5. The second kappa shape index (κ2) is 5.81. The van der Waals surface area contributed by atoms with Gasteiger partial charge in [0.25, 0.3) is 0 Å². The summed E-state index contributed by atoms with van der Waals surface area (Å²) in [5.74, 6) is 0.0624. The molecule has 0 fully saturated rings. The SMILES string of the molecule is COCC(=O)C(C)(c1ccccc1)c1ccccc1. The summed E-state index contributed by atoms with van der Waals surface area (Å²) in [6.45, 7) is 2.07. The summed E-state index contributed by atoms with van der Waals surface area (Å²) in [6, 6.07) is 19.7. The minimum atomic E-state index is -0.668. The Hall–Kier alpha value is -1.93. The van der Waals surface area contributed by atoms with E-state index in [1.54, 1.807) is 7.11 Å². The zero-order valence-electron chi connectivity index (χ0n) is 11.3. The van der Waals surface area contributed by atoms with E-state index in [-0.39, 0.29) is 12.4 Å². The first-order valence-corrected chi connectivity index (χ1v) is 6.33. The smallest absolute Gasteiger partial charge is 0.173 e. The van der Waals surface area contributed by atoms with Crippen molar-refractivity contribution in [3.05, 3.63) is 71.8 Å². The van der Waals surface area contributed by atoms with Gasteiger partial charge in [-0.1, -0.05) is 60.7 Å². The zero-order chi connectivity index (χ0) is 13.7. The van der Waals surface area contributed by atoms with Crippen molar-refractivity contribution in [3.63, 3.8) is 0 Å². The Morgan fingerprint density at radius 3 is 1.74 bits per heavy atom. The molecule has 0 atom stereocenters. The van der Waals surface area contributed by atoms with Gasteiger partial charge in [0, 0.05) is 7.11 Å². The Morgan fingerprint density at radius 1 is 0.947 bits per heavy atom. The van der Waals surface area contributed by atoms with Crippen LogP contribution in [-0.2, 0) is 14.9 Å². The maximum Gasteiger partial charge on any atom is 0.173 e. The molecule has 2 aromatic carbocycles. The van der Waals surface area contributed by atoms with Crippen molar-refractivity contribution >= 4 is 5.78 Å². The van der Waals surface area contributed by atoms with Crippen LogP contribution in [0.1, 0.15) is 18.1 Å². The lowest BCUT2D eigenvalue weighted by Gasteiger charge is -2.29. The van der Waals surface area contributed by atoms with Crippen LogP contribution in [0, 0.1) is 0 Å². The third-order valence-corrected chi connectivity index (χ3v) is 3.54. The number of benzene rings is 2. The van der Waals surface area contributed by atoms with Crippen molar-refractivity contribution in [1.82, 2.24) is 0 Å². The zero-order valence-corrected chi connectivity index (χ0v) is 11.3. The van der Waals surface area contributed by atoms with E-state index in [0.29, 0.717) is 0 Å². The third-order valence-electron chi connectivity index (χ3n) is 3.54. The number of ketones is 1. The molecule has 2 rings (SSSR count). The molecule has 2 aromatic rings. The normalized spacial score (nSPS) is 11.3. The summed E-state index contributed by atoms with van der Waals surface area (Å²) in [5.41, 5.74) is 1.31. The maximum absolute atomic E-state index is 12.5. The Labute approximate surface area is 114 Å². The molecule has 0 saturated heterocycles. The van der Waals surface area contributed by atoms with E-state index in [1.807, 2.05) is 67.6 Å². The molecule has 0 aromatic heterocycles. The van der Waals surface area contributed by atoms with Crippen LogP contribution in [0.2, 0.25) is 0 Å². The Morgan fingerprint density at radius 2 is 1.37 bits per heavy atom. The largest absolute Gasteiger partial charge is 0.377 e. The van der Waals surface area contributed by atoms with Gasteiger partial charge in [-0.15, -0.1) is 0 Å². The van der Waals surface area contributed by atoms with E-state index in [0.717, 1.165) is 11.1 Å². The van der Waals surface area contributed by atoms with Gasteiger partial charge in [-0.2, -0.15) is 0 Å². The summed E-state index contributed by atoms with van der Waals surface area (Å²) in [7, 11) is 1.55. The van der Waals surface area contributed by atoms with Gasteiger partial charge in [-0.25, -0.2) is 0 Å². The van der Waals surface area contributed by atoms with Crippen molar-refractivity contribution in [1.29, 1.82) is 0 Å². The van der Waals surface area contributed by atoms with Crippen molar-refractivity contribution in [2.24, 2.45) is 0 Å². The second-order valence-corrected chi connectivity index (χ2v) is 4.71. The summed E-state index contributed by atoms with van der Waals surface area (Å²) in [6.07, 6.45) is 0. The van der Waals surface area contributed by atoms with Gasteiger partial charge in [0.15, 0.2) is 5.78 Å². The second-order valence-electron chi connectivity index (χ2n) is 4.71. The highest BCUT2D eigenvalue weighted by molar-refractivity contribution is 5.94. The van der Waals surface area contributed by atoms with Crippen LogP contribution in [0.15, 0.2) is 60.7 Å². The molecular weight excluding hydrogens is 236 g/mol. The van der Waals surface area contributed by atoms with Gasteiger partial charge in [0.05, 0.1) is 5.41 Å². The number of hydrogen-bond acceptors (Lipinski definition) is 2. The van der Waals surface area contributed by atoms with E-state index in [2.05, 4.69) is 0 Å². The predicted octanol–water partition coefficient (Wildman–Crippen LogP) is 3.21. The monoisotopic (exact) mass is 254 g/mol. The summed E-state index contributed by atoms with van der Waals surface area (Å²) < 4.78 is 5.04. The van der Waals surface area contributed by atoms with Crippen LogP contribution in [0.4, 0.5) is 0 Å². The lowest BCUT2D eigenvalue weighted by molar-refractivity contribution is -0.126. The van der Waals surface area contributed by atoms with Crippen LogP contribution >= 0.6 is 0 Å². The molecule has 0 N–H and O–H groups in total. The molecule has 2 nitrogen and oxygen atoms in total. The topological polar surface area (TPSA) is 26.3 Å². The Balaban J connectivity index is 2.54. The third kappa shape index (κ3) is 2.59. The Bertz CT molecular complexity index is 492. The average molecular weight is 254 g/mol. The molecule has 98 valence electrons. The van der Waals surface area contributed by atoms with Gasteiger partial charge in [-0.3, -0.25) is 4.79 Å². The number of rotatable bonds is 5. The minimum absolute atomic E-state index is 0.0624. The van der Waals surface area contributed by atoms with E-state index in [4.69, 9.17) is 4.74 Å². The fraction of sp³-hybridized carbons (Fsp3) is 0.235. The van der Waals surface area contributed by atoms with E-state index in [9.17, 15) is 4.79 Å². The quantitative estimate of drug-likeness (QED) is 0.819. The fourth-order valence-corrected chi connectivity index (χ4v) is 2.31. The van der Waals surface area contributed by atoms with Crippen molar-refractivity contribution in [2.45, 2.75) is 12.3 Å². The highest BCUT2D eigenvalue weighted by Gasteiger charge is 2.36. The summed E-state index contributed by atoms with van der Waals surface area (Å²) >= 11 is 0. The molecule has 0 unspecified atom stereocenters. The minimum Gasteiger partial charge on any atom is -0.377 e. The number of Topliss-reactive ketones (excluding diaryl/α,β-unsaturated/α-hetero) is 1. The van der Waals surface area contributed by atoms with Gasteiger partial charge in [-0.05, 0) is 18.1 Å². The highest BCUT2D eigenvalue weighted by atomic mass is 16.5.